The number of aliphatic hydroxyl groups is 1. The van der Waals surface area contributed by atoms with Crippen LogP contribution in [-0.2, 0) is 52.4 Å². The molecule has 234 valence electrons. The first-order chi connectivity index (χ1) is 19.3. The quantitative estimate of drug-likeness (QED) is 0.281. The number of esters is 5. The van der Waals surface area contributed by atoms with Crippen LogP contribution in [0.25, 0.3) is 0 Å². The van der Waals surface area contributed by atoms with E-state index in [0.717, 1.165) is 0 Å². The van der Waals surface area contributed by atoms with Crippen LogP contribution in [0, 0.1) is 22.7 Å². The molecular weight excluding hydrogens is 552 g/mol. The molecule has 2 saturated carbocycles. The maximum Gasteiger partial charge on any atom is 0.303 e. The second-order valence-corrected chi connectivity index (χ2v) is 12.9. The van der Waals surface area contributed by atoms with E-state index in [2.05, 4.69) is 0 Å². The molecule has 0 spiro atoms. The van der Waals surface area contributed by atoms with Crippen molar-refractivity contribution in [2.24, 2.45) is 22.7 Å². The standard InChI is InChI=1S/C30H42O12/c1-13-20(38-14(2)31)10-19-24(40-16(4)33)26-29(9,21(39-15(3)32)11-22-30(26,36)12-37-22)27(42-18(6)35)25(41-17(5)34)23(13)28(19,7)8/h19-22,24-27,36H,10-12H2,1-9H3/t19-,20?,21?,22?,24?,25?,26-,27?,29+,30-/m0/s1. The van der Waals surface area contributed by atoms with Gasteiger partial charge in [-0.3, -0.25) is 24.0 Å². The lowest BCUT2D eigenvalue weighted by Gasteiger charge is -2.67. The van der Waals surface area contributed by atoms with Crippen molar-refractivity contribution in [2.45, 2.75) is 117 Å². The number of hydrogen-bond acceptors (Lipinski definition) is 12. The van der Waals surface area contributed by atoms with Crippen LogP contribution < -0.4 is 0 Å². The van der Waals surface area contributed by atoms with Gasteiger partial charge in [0, 0.05) is 52.9 Å². The van der Waals surface area contributed by atoms with Gasteiger partial charge >= 0.3 is 29.8 Å². The van der Waals surface area contributed by atoms with E-state index >= 15 is 0 Å². The first-order valence-corrected chi connectivity index (χ1v) is 14.3. The molecule has 6 unspecified atom stereocenters. The predicted molar refractivity (Wildman–Crippen MR) is 143 cm³/mol. The van der Waals surface area contributed by atoms with Crippen LogP contribution in [-0.4, -0.2) is 83.8 Å². The lowest BCUT2D eigenvalue weighted by atomic mass is 9.45. The fraction of sp³-hybridized carbons (Fsp3) is 0.767. The SMILES string of the molecule is CC(=O)OC1C[C@H]2C(OC(C)=O)[C@H]3[C@@](C)(C(OC(C)=O)CC4OC[C@]43O)C(OC(C)=O)C(OC(C)=O)C(=C1C)C2(C)C. The van der Waals surface area contributed by atoms with Gasteiger partial charge in [0.05, 0.1) is 18.1 Å². The van der Waals surface area contributed by atoms with E-state index in [1.807, 2.05) is 13.8 Å². The molecule has 0 aromatic heterocycles. The highest BCUT2D eigenvalue weighted by molar-refractivity contribution is 5.69. The molecule has 4 aliphatic rings. The van der Waals surface area contributed by atoms with Crippen molar-refractivity contribution in [2.75, 3.05) is 6.61 Å². The van der Waals surface area contributed by atoms with Gasteiger partial charge in [-0.2, -0.15) is 0 Å². The summed E-state index contributed by atoms with van der Waals surface area (Å²) in [5.74, 6) is -4.77. The largest absolute Gasteiger partial charge is 0.462 e. The zero-order chi connectivity index (χ0) is 31.5. The third-order valence-electron chi connectivity index (χ3n) is 9.80. The molecule has 1 aliphatic heterocycles. The maximum absolute atomic E-state index is 12.8. The first-order valence-electron chi connectivity index (χ1n) is 14.3. The maximum atomic E-state index is 12.8. The summed E-state index contributed by atoms with van der Waals surface area (Å²) in [4.78, 5) is 62.9. The third kappa shape index (κ3) is 5.10. The molecule has 2 bridgehead atoms. The van der Waals surface area contributed by atoms with Crippen LogP contribution in [0.5, 0.6) is 0 Å². The van der Waals surface area contributed by atoms with Crippen molar-refractivity contribution < 1.29 is 57.5 Å². The fourth-order valence-electron chi connectivity index (χ4n) is 8.27. The molecule has 42 heavy (non-hydrogen) atoms. The van der Waals surface area contributed by atoms with E-state index in [-0.39, 0.29) is 19.4 Å². The topological polar surface area (TPSA) is 161 Å². The minimum atomic E-state index is -1.59. The molecule has 10 atom stereocenters. The Hall–Kier alpha value is -2.99. The normalized spacial score (nSPS) is 40.0. The van der Waals surface area contributed by atoms with Gasteiger partial charge in [-0.15, -0.1) is 0 Å². The Labute approximate surface area is 245 Å². The molecule has 1 N–H and O–H groups in total. The van der Waals surface area contributed by atoms with Gasteiger partial charge < -0.3 is 33.5 Å². The van der Waals surface area contributed by atoms with Gasteiger partial charge in [0.2, 0.25) is 0 Å². The van der Waals surface area contributed by atoms with Gasteiger partial charge in [0.15, 0.2) is 12.2 Å². The zero-order valence-electron chi connectivity index (χ0n) is 25.7. The van der Waals surface area contributed by atoms with E-state index in [0.29, 0.717) is 11.1 Å². The average molecular weight is 595 g/mol. The Balaban J connectivity index is 2.13. The van der Waals surface area contributed by atoms with Crippen LogP contribution in [0.2, 0.25) is 0 Å². The van der Waals surface area contributed by atoms with E-state index in [4.69, 9.17) is 28.4 Å². The van der Waals surface area contributed by atoms with E-state index < -0.39 is 94.7 Å². The summed E-state index contributed by atoms with van der Waals surface area (Å²) in [5.41, 5.74) is -2.82. The van der Waals surface area contributed by atoms with Crippen LogP contribution in [0.1, 0.15) is 75.2 Å². The van der Waals surface area contributed by atoms with E-state index in [9.17, 15) is 29.1 Å². The van der Waals surface area contributed by atoms with Gasteiger partial charge in [-0.1, -0.05) is 20.8 Å². The fourth-order valence-corrected chi connectivity index (χ4v) is 8.27. The highest BCUT2D eigenvalue weighted by Crippen LogP contribution is 2.64. The second kappa shape index (κ2) is 10.9. The second-order valence-electron chi connectivity index (χ2n) is 12.9. The lowest BCUT2D eigenvalue weighted by molar-refractivity contribution is -0.354. The van der Waals surface area contributed by atoms with Crippen molar-refractivity contribution >= 4 is 29.8 Å². The minimum absolute atomic E-state index is 0.0581. The highest BCUT2D eigenvalue weighted by Gasteiger charge is 2.75. The summed E-state index contributed by atoms with van der Waals surface area (Å²) >= 11 is 0. The molecule has 3 aliphatic carbocycles. The molecule has 12 heteroatoms. The van der Waals surface area contributed by atoms with Crippen LogP contribution >= 0.6 is 0 Å². The van der Waals surface area contributed by atoms with Gasteiger partial charge in [0.1, 0.15) is 23.9 Å². The Morgan fingerprint density at radius 3 is 1.81 bits per heavy atom. The molecule has 0 aromatic rings. The number of ether oxygens (including phenoxy) is 6. The Kier molecular flexibility index (Phi) is 8.31. The number of rotatable bonds is 5. The van der Waals surface area contributed by atoms with Crippen molar-refractivity contribution in [3.05, 3.63) is 11.1 Å². The molecule has 0 aromatic carbocycles. The zero-order valence-corrected chi connectivity index (χ0v) is 25.7. The summed E-state index contributed by atoms with van der Waals surface area (Å²) in [7, 11) is 0. The van der Waals surface area contributed by atoms with Gasteiger partial charge in [-0.25, -0.2) is 0 Å². The summed E-state index contributed by atoms with van der Waals surface area (Å²) in [5, 5.41) is 12.3. The molecule has 4 rings (SSSR count). The summed E-state index contributed by atoms with van der Waals surface area (Å²) in [6.07, 6.45) is -5.89. The first kappa shape index (κ1) is 31.9. The van der Waals surface area contributed by atoms with Crippen LogP contribution in [0.15, 0.2) is 11.1 Å². The molecule has 1 saturated heterocycles. The van der Waals surface area contributed by atoms with Crippen molar-refractivity contribution in [1.29, 1.82) is 0 Å². The third-order valence-corrected chi connectivity index (χ3v) is 9.80. The predicted octanol–water partition coefficient (Wildman–Crippen LogP) is 2.18. The Morgan fingerprint density at radius 2 is 1.33 bits per heavy atom. The molecular formula is C30H42O12. The molecule has 0 amide bonds. The van der Waals surface area contributed by atoms with Gasteiger partial charge in [-0.05, 0) is 29.9 Å². The van der Waals surface area contributed by atoms with Crippen molar-refractivity contribution in [1.82, 2.24) is 0 Å². The summed E-state index contributed by atoms with van der Waals surface area (Å²) in [6, 6.07) is 0. The van der Waals surface area contributed by atoms with E-state index in [1.165, 1.54) is 34.6 Å². The average Bonchev–Trinajstić information content (AvgIpc) is 2.82. The number of carbonyl (C=O) groups is 5. The minimum Gasteiger partial charge on any atom is -0.462 e. The molecule has 12 nitrogen and oxygen atoms in total. The Bertz CT molecular complexity index is 1200. The summed E-state index contributed by atoms with van der Waals surface area (Å²) < 4.78 is 35.5. The summed E-state index contributed by atoms with van der Waals surface area (Å²) in [6.45, 7) is 13.4. The smallest absolute Gasteiger partial charge is 0.303 e. The van der Waals surface area contributed by atoms with Crippen LogP contribution in [0.3, 0.4) is 0 Å². The van der Waals surface area contributed by atoms with Crippen molar-refractivity contribution in [3.63, 3.8) is 0 Å². The van der Waals surface area contributed by atoms with Crippen molar-refractivity contribution in [3.8, 4) is 0 Å². The van der Waals surface area contributed by atoms with Crippen LogP contribution in [0.4, 0.5) is 0 Å². The molecule has 1 heterocycles. The molecule has 3 fully saturated rings. The highest BCUT2D eigenvalue weighted by atomic mass is 16.6. The Morgan fingerprint density at radius 1 is 0.786 bits per heavy atom. The number of fused-ring (bicyclic) bond motifs is 5. The van der Waals surface area contributed by atoms with E-state index in [1.54, 1.807) is 13.8 Å². The number of carbonyl (C=O) groups excluding carboxylic acids is 5. The van der Waals surface area contributed by atoms with Gasteiger partial charge in [0.25, 0.3) is 0 Å². The number of hydrogen-bond donors (Lipinski definition) is 1. The monoisotopic (exact) mass is 594 g/mol. The molecule has 0 radical (unpaired) electrons. The lowest BCUT2D eigenvalue weighted by Crippen LogP contribution is -2.79.